The number of aliphatic hydroxyl groups is 1. The Kier molecular flexibility index (Phi) is 6.21. The number of nitrogens with zero attached hydrogens (tertiary/aromatic N) is 1. The van der Waals surface area contributed by atoms with E-state index in [9.17, 15) is 9.90 Å². The number of aliphatic hydroxyl groups excluding tert-OH is 1. The smallest absolute Gasteiger partial charge is 0.253 e. The van der Waals surface area contributed by atoms with Crippen LogP contribution in [-0.4, -0.2) is 11.0 Å². The molecule has 0 saturated heterocycles. The number of nitrogens with one attached hydrogen (secondary N) is 1. The maximum absolute atomic E-state index is 12.5. The van der Waals surface area contributed by atoms with Gasteiger partial charge in [0.1, 0.15) is 0 Å². The van der Waals surface area contributed by atoms with E-state index in [0.717, 1.165) is 22.3 Å². The fourth-order valence-corrected chi connectivity index (χ4v) is 3.07. The molecule has 0 bridgehead atoms. The fraction of sp³-hybridized carbons (Fsp3) is 0.167. The molecular weight excluding hydrogens is 348 g/mol. The first-order chi connectivity index (χ1) is 13.6. The molecule has 1 unspecified atom stereocenters. The Bertz CT molecular complexity index is 1000. The van der Waals surface area contributed by atoms with Crippen LogP contribution in [0.3, 0.4) is 0 Å². The highest BCUT2D eigenvalue weighted by molar-refractivity contribution is 5.82. The third-order valence-corrected chi connectivity index (χ3v) is 4.64. The van der Waals surface area contributed by atoms with E-state index in [2.05, 4.69) is 11.4 Å². The van der Waals surface area contributed by atoms with Crippen molar-refractivity contribution >= 4 is 5.91 Å². The van der Waals surface area contributed by atoms with Gasteiger partial charge in [0.2, 0.25) is 0 Å². The van der Waals surface area contributed by atoms with Crippen molar-refractivity contribution in [1.82, 2.24) is 5.32 Å². The Morgan fingerprint density at radius 2 is 1.79 bits per heavy atom. The maximum Gasteiger partial charge on any atom is 0.253 e. The quantitative estimate of drug-likeness (QED) is 0.693. The highest BCUT2D eigenvalue weighted by Crippen LogP contribution is 2.22. The van der Waals surface area contributed by atoms with Crippen LogP contribution in [0.5, 0.6) is 0 Å². The minimum absolute atomic E-state index is 0.364. The molecule has 4 heteroatoms. The molecular formula is C24H22N2O2. The highest BCUT2D eigenvalue weighted by Gasteiger charge is 2.20. The first-order valence-electron chi connectivity index (χ1n) is 9.15. The largest absolute Gasteiger partial charge is 0.378 e. The van der Waals surface area contributed by atoms with E-state index in [-0.39, 0.29) is 0 Å². The molecule has 4 nitrogen and oxygen atoms in total. The van der Waals surface area contributed by atoms with Gasteiger partial charge in [0.25, 0.3) is 5.91 Å². The molecule has 28 heavy (non-hydrogen) atoms. The molecule has 0 spiro atoms. The van der Waals surface area contributed by atoms with Gasteiger partial charge in [-0.1, -0.05) is 66.2 Å². The zero-order chi connectivity index (χ0) is 19.9. The monoisotopic (exact) mass is 370 g/mol. The summed E-state index contributed by atoms with van der Waals surface area (Å²) in [7, 11) is 0. The molecule has 0 aliphatic heterocycles. The van der Waals surface area contributed by atoms with Crippen molar-refractivity contribution in [1.29, 1.82) is 5.26 Å². The van der Waals surface area contributed by atoms with Gasteiger partial charge in [-0.2, -0.15) is 5.26 Å². The first kappa shape index (κ1) is 19.3. The number of amides is 1. The number of carbonyl (C=O) groups is 1. The number of carbonyl (C=O) groups excluding carboxylic acids is 1. The molecule has 2 N–H and O–H groups in total. The summed E-state index contributed by atoms with van der Waals surface area (Å²) in [5.74, 6) is -0.432. The predicted octanol–water partition coefficient (Wildman–Crippen LogP) is 3.81. The molecule has 0 aliphatic rings. The Hall–Kier alpha value is -3.42. The summed E-state index contributed by atoms with van der Waals surface area (Å²) in [5, 5.41) is 22.5. The minimum Gasteiger partial charge on any atom is -0.378 e. The summed E-state index contributed by atoms with van der Waals surface area (Å²) in [6.45, 7) is 2.37. The van der Waals surface area contributed by atoms with Crippen LogP contribution in [0.4, 0.5) is 0 Å². The van der Waals surface area contributed by atoms with Crippen LogP contribution in [-0.2, 0) is 17.8 Å². The molecule has 3 aromatic carbocycles. The zero-order valence-corrected chi connectivity index (χ0v) is 15.7. The lowest BCUT2D eigenvalue weighted by Crippen LogP contribution is -2.29. The van der Waals surface area contributed by atoms with Crippen molar-refractivity contribution in [2.45, 2.75) is 26.0 Å². The lowest BCUT2D eigenvalue weighted by atomic mass is 9.95. The van der Waals surface area contributed by atoms with E-state index in [0.29, 0.717) is 24.1 Å². The Morgan fingerprint density at radius 3 is 2.54 bits per heavy atom. The van der Waals surface area contributed by atoms with Gasteiger partial charge in [0.15, 0.2) is 6.10 Å². The summed E-state index contributed by atoms with van der Waals surface area (Å²) < 4.78 is 0. The van der Waals surface area contributed by atoms with Gasteiger partial charge in [0.05, 0.1) is 11.6 Å². The Balaban J connectivity index is 1.72. The number of rotatable bonds is 6. The van der Waals surface area contributed by atoms with Crippen LogP contribution in [0.15, 0.2) is 72.8 Å². The number of hydrogen-bond donors (Lipinski definition) is 2. The highest BCUT2D eigenvalue weighted by atomic mass is 16.3. The van der Waals surface area contributed by atoms with Crippen molar-refractivity contribution in [3.8, 4) is 6.07 Å². The predicted molar refractivity (Wildman–Crippen MR) is 108 cm³/mol. The van der Waals surface area contributed by atoms with E-state index in [4.69, 9.17) is 5.26 Å². The van der Waals surface area contributed by atoms with Gasteiger partial charge < -0.3 is 10.4 Å². The van der Waals surface area contributed by atoms with Crippen molar-refractivity contribution in [3.63, 3.8) is 0 Å². The van der Waals surface area contributed by atoms with Gasteiger partial charge in [-0.05, 0) is 47.7 Å². The second-order valence-corrected chi connectivity index (χ2v) is 6.79. The molecule has 0 heterocycles. The van der Waals surface area contributed by atoms with E-state index < -0.39 is 12.0 Å². The summed E-state index contributed by atoms with van der Waals surface area (Å²) in [6.07, 6.45) is -0.714. The third-order valence-electron chi connectivity index (χ3n) is 4.64. The van der Waals surface area contributed by atoms with Crippen LogP contribution in [0.1, 0.15) is 39.5 Å². The first-order valence-corrected chi connectivity index (χ1v) is 9.15. The Labute approximate surface area is 165 Å². The van der Waals surface area contributed by atoms with Crippen molar-refractivity contribution in [2.75, 3.05) is 0 Å². The van der Waals surface area contributed by atoms with Crippen molar-refractivity contribution in [3.05, 3.63) is 106 Å². The van der Waals surface area contributed by atoms with Gasteiger partial charge in [-0.3, -0.25) is 4.79 Å². The number of benzene rings is 3. The molecule has 3 aromatic rings. The molecule has 0 aromatic heterocycles. The average Bonchev–Trinajstić information content (AvgIpc) is 2.73. The molecule has 0 fully saturated rings. The van der Waals surface area contributed by atoms with E-state index in [1.807, 2.05) is 61.5 Å². The zero-order valence-electron chi connectivity index (χ0n) is 15.7. The molecule has 1 atom stereocenters. The molecule has 0 aliphatic carbocycles. The van der Waals surface area contributed by atoms with E-state index >= 15 is 0 Å². The van der Waals surface area contributed by atoms with Crippen LogP contribution >= 0.6 is 0 Å². The van der Waals surface area contributed by atoms with Gasteiger partial charge in [-0.25, -0.2) is 0 Å². The van der Waals surface area contributed by atoms with Crippen LogP contribution in [0.25, 0.3) is 0 Å². The SMILES string of the molecule is Cc1ccc(CNC(=O)C(O)c2ccccc2Cc2cccc(C#N)c2)cc1. The van der Waals surface area contributed by atoms with Crippen molar-refractivity contribution in [2.24, 2.45) is 0 Å². The third kappa shape index (κ3) is 4.85. The second-order valence-electron chi connectivity index (χ2n) is 6.79. The topological polar surface area (TPSA) is 73.1 Å². The van der Waals surface area contributed by atoms with Gasteiger partial charge in [0, 0.05) is 6.54 Å². The maximum atomic E-state index is 12.5. The molecule has 0 saturated carbocycles. The fourth-order valence-electron chi connectivity index (χ4n) is 3.07. The van der Waals surface area contributed by atoms with Crippen LogP contribution in [0.2, 0.25) is 0 Å². The lowest BCUT2D eigenvalue weighted by Gasteiger charge is -2.16. The van der Waals surface area contributed by atoms with Crippen LogP contribution < -0.4 is 5.32 Å². The normalized spacial score (nSPS) is 11.5. The summed E-state index contributed by atoms with van der Waals surface area (Å²) in [4.78, 5) is 12.5. The summed E-state index contributed by atoms with van der Waals surface area (Å²) >= 11 is 0. The molecule has 0 radical (unpaired) electrons. The van der Waals surface area contributed by atoms with Crippen molar-refractivity contribution < 1.29 is 9.90 Å². The molecule has 1 amide bonds. The van der Waals surface area contributed by atoms with Gasteiger partial charge >= 0.3 is 0 Å². The Morgan fingerprint density at radius 1 is 1.04 bits per heavy atom. The summed E-state index contributed by atoms with van der Waals surface area (Å²) in [6, 6.07) is 24.7. The second kappa shape index (κ2) is 8.98. The minimum atomic E-state index is -1.25. The van der Waals surface area contributed by atoms with Crippen LogP contribution in [0, 0.1) is 18.3 Å². The van der Waals surface area contributed by atoms with E-state index in [1.54, 1.807) is 18.2 Å². The average molecular weight is 370 g/mol. The number of hydrogen-bond acceptors (Lipinski definition) is 3. The number of nitriles is 1. The molecule has 140 valence electrons. The van der Waals surface area contributed by atoms with Gasteiger partial charge in [-0.15, -0.1) is 0 Å². The lowest BCUT2D eigenvalue weighted by molar-refractivity contribution is -0.129. The standard InChI is InChI=1S/C24H22N2O2/c1-17-9-11-18(12-10-17)16-26-24(28)23(27)22-8-3-2-7-21(22)14-19-5-4-6-20(13-19)15-25/h2-13,23,27H,14,16H2,1H3,(H,26,28). The van der Waals surface area contributed by atoms with E-state index in [1.165, 1.54) is 0 Å². The summed E-state index contributed by atoms with van der Waals surface area (Å²) in [5.41, 5.74) is 5.12. The molecule has 3 rings (SSSR count). The number of aryl methyl sites for hydroxylation is 1.